The van der Waals surface area contributed by atoms with Gasteiger partial charge < -0.3 is 0 Å². The molecule has 4 bridgehead atoms. The van der Waals surface area contributed by atoms with Crippen LogP contribution >= 0.6 is 12.6 Å². The first-order valence-electron chi connectivity index (χ1n) is 5.27. The Bertz CT molecular complexity index is 464. The van der Waals surface area contributed by atoms with Gasteiger partial charge in [0.15, 0.2) is 0 Å². The summed E-state index contributed by atoms with van der Waals surface area (Å²) in [5.41, 5.74) is 2.54. The van der Waals surface area contributed by atoms with Gasteiger partial charge >= 0.3 is 108 Å². The molecule has 0 radical (unpaired) electrons. The van der Waals surface area contributed by atoms with E-state index in [2.05, 4.69) is 55.5 Å². The van der Waals surface area contributed by atoms with Gasteiger partial charge in [-0.15, -0.1) is 0 Å². The summed E-state index contributed by atoms with van der Waals surface area (Å²) in [6.45, 7) is 2.16. The first-order valence-corrected chi connectivity index (χ1v) is 7.43. The van der Waals surface area contributed by atoms with Gasteiger partial charge in [-0.25, -0.2) is 0 Å². The van der Waals surface area contributed by atoms with Crippen LogP contribution in [0.15, 0.2) is 48.5 Å². The molecule has 0 saturated heterocycles. The van der Waals surface area contributed by atoms with Crippen molar-refractivity contribution in [3.63, 3.8) is 0 Å². The summed E-state index contributed by atoms with van der Waals surface area (Å²) >= 11 is 5.26. The van der Waals surface area contributed by atoms with E-state index in [1.54, 1.807) is 0 Å². The van der Waals surface area contributed by atoms with E-state index >= 15 is 0 Å². The topological polar surface area (TPSA) is 0 Å². The molecule has 2 heteroatoms. The maximum atomic E-state index is 4.82. The van der Waals surface area contributed by atoms with Crippen LogP contribution in [0.3, 0.4) is 0 Å². The van der Waals surface area contributed by atoms with Crippen molar-refractivity contribution in [3.8, 4) is 0 Å². The first kappa shape index (κ1) is 10.5. The van der Waals surface area contributed by atoms with Gasteiger partial charge in [-0.3, -0.25) is 0 Å². The molecule has 2 aromatic rings. The van der Waals surface area contributed by atoms with Gasteiger partial charge in [0, 0.05) is 0 Å². The van der Waals surface area contributed by atoms with Crippen molar-refractivity contribution in [1.82, 2.24) is 0 Å². The maximum absolute atomic E-state index is 4.82. The molecule has 4 aliphatic heterocycles. The van der Waals surface area contributed by atoms with Gasteiger partial charge in [0.1, 0.15) is 0 Å². The predicted octanol–water partition coefficient (Wildman–Crippen LogP) is 1.85. The summed E-state index contributed by atoms with van der Waals surface area (Å²) < 4.78 is 2.66. The van der Waals surface area contributed by atoms with E-state index in [-0.39, 0.29) is 4.75 Å². The fourth-order valence-electron chi connectivity index (χ4n) is 2.00. The molecule has 4 heterocycles. The molecule has 0 amide bonds. The van der Waals surface area contributed by atoms with E-state index in [1.807, 2.05) is 0 Å². The molecule has 2 aromatic carbocycles. The van der Waals surface area contributed by atoms with Crippen LogP contribution in [0.2, 0.25) is 0 Å². The Hall–Kier alpha value is -0.691. The van der Waals surface area contributed by atoms with Gasteiger partial charge in [0.05, 0.1) is 0 Å². The van der Waals surface area contributed by atoms with Gasteiger partial charge in [0.25, 0.3) is 0 Å². The minimum absolute atomic E-state index is 0.193. The van der Waals surface area contributed by atoms with Crippen LogP contribution in [0.25, 0.3) is 0 Å². The number of hydrogen-bond donors (Lipinski definition) is 1. The molecule has 0 spiro atoms. The Kier molecular flexibility index (Phi) is 2.39. The van der Waals surface area contributed by atoms with Crippen molar-refractivity contribution < 1.29 is 0 Å². The van der Waals surface area contributed by atoms with E-state index in [9.17, 15) is 0 Å². The van der Waals surface area contributed by atoms with Crippen LogP contribution in [0.5, 0.6) is 0 Å². The average Bonchev–Trinajstić information content (AvgIpc) is 2.30. The van der Waals surface area contributed by atoms with Crippen LogP contribution in [-0.4, -0.2) is 15.0 Å². The second kappa shape index (κ2) is 3.66. The molecule has 16 heavy (non-hydrogen) atoms. The molecule has 0 aromatic heterocycles. The number of rotatable bonds is 0. The van der Waals surface area contributed by atoms with Crippen molar-refractivity contribution in [2.45, 2.75) is 11.7 Å². The molecule has 0 fully saturated rings. The minimum atomic E-state index is -0.193. The second-order valence-corrected chi connectivity index (χ2v) is 7.52. The monoisotopic (exact) mass is 292 g/mol. The molecule has 0 unspecified atom stereocenters. The Labute approximate surface area is 108 Å². The summed E-state index contributed by atoms with van der Waals surface area (Å²) in [7, 11) is 0. The first-order chi connectivity index (χ1) is 7.66. The molecular weight excluding hydrogens is 279 g/mol. The van der Waals surface area contributed by atoms with Crippen molar-refractivity contribution in [1.29, 1.82) is 0 Å². The van der Waals surface area contributed by atoms with Crippen molar-refractivity contribution in [2.75, 3.05) is 0 Å². The van der Waals surface area contributed by atoms with Crippen molar-refractivity contribution in [2.24, 2.45) is 0 Å². The summed E-state index contributed by atoms with van der Waals surface area (Å²) in [6.07, 6.45) is 0. The van der Waals surface area contributed by atoms with Crippen LogP contribution in [0.1, 0.15) is 18.1 Å². The zero-order chi connectivity index (χ0) is 11.2. The van der Waals surface area contributed by atoms with Crippen molar-refractivity contribution in [3.05, 3.63) is 59.7 Å². The van der Waals surface area contributed by atoms with Gasteiger partial charge in [0.2, 0.25) is 0 Å². The third-order valence-corrected chi connectivity index (χ3v) is 5.72. The number of thiol groups is 1. The van der Waals surface area contributed by atoms with Crippen LogP contribution in [0.4, 0.5) is 0 Å². The van der Waals surface area contributed by atoms with Gasteiger partial charge in [-0.05, 0) is 0 Å². The molecular formula is C14H12SSe. The Morgan fingerprint density at radius 1 is 0.812 bits per heavy atom. The standard InChI is InChI=1S/C14H12SSe/c1-14(15)10-2-6-12(7-3-10)16-13-8-4-11(14)5-9-13/h2-9,15H,1H3. The van der Waals surface area contributed by atoms with Crippen molar-refractivity contribution >= 4 is 36.5 Å². The summed E-state index contributed by atoms with van der Waals surface area (Å²) in [6, 6.07) is 17.8. The fourth-order valence-corrected chi connectivity index (χ4v) is 4.01. The number of benzene rings is 2. The van der Waals surface area contributed by atoms with Crippen LogP contribution < -0.4 is 8.92 Å². The molecule has 0 aliphatic carbocycles. The molecule has 0 N–H and O–H groups in total. The molecule has 0 saturated carbocycles. The molecule has 0 atom stereocenters. The average molecular weight is 291 g/mol. The Balaban J connectivity index is 2.29. The Morgan fingerprint density at radius 2 is 1.19 bits per heavy atom. The fraction of sp³-hybridized carbons (Fsp3) is 0.143. The quantitative estimate of drug-likeness (QED) is 0.556. The summed E-state index contributed by atoms with van der Waals surface area (Å²) in [5, 5.41) is 0. The van der Waals surface area contributed by atoms with Gasteiger partial charge in [-0.2, -0.15) is 0 Å². The zero-order valence-corrected chi connectivity index (χ0v) is 11.6. The van der Waals surface area contributed by atoms with E-state index in [4.69, 9.17) is 12.6 Å². The summed E-state index contributed by atoms with van der Waals surface area (Å²) in [5.74, 6) is 0. The van der Waals surface area contributed by atoms with E-state index in [1.165, 1.54) is 20.1 Å². The number of hydrogen-bond acceptors (Lipinski definition) is 1. The normalized spacial score (nSPS) is 16.4. The molecule has 80 valence electrons. The van der Waals surface area contributed by atoms with Crippen LogP contribution in [-0.2, 0) is 4.75 Å². The third-order valence-electron chi connectivity index (χ3n) is 3.07. The SMILES string of the molecule is CC1(S)c2ccc(cc2)[Se]c2ccc1cc2. The van der Waals surface area contributed by atoms with Gasteiger partial charge in [-0.1, -0.05) is 0 Å². The predicted molar refractivity (Wildman–Crippen MR) is 73.3 cm³/mol. The molecule has 0 nitrogen and oxygen atoms in total. The van der Waals surface area contributed by atoms with E-state index < -0.39 is 0 Å². The Morgan fingerprint density at radius 3 is 1.56 bits per heavy atom. The van der Waals surface area contributed by atoms with E-state index in [0.29, 0.717) is 15.0 Å². The van der Waals surface area contributed by atoms with Crippen LogP contribution in [0, 0.1) is 0 Å². The third kappa shape index (κ3) is 1.62. The molecule has 6 rings (SSSR count). The second-order valence-electron chi connectivity index (χ2n) is 4.22. The zero-order valence-electron chi connectivity index (χ0n) is 8.97. The van der Waals surface area contributed by atoms with E-state index in [0.717, 1.165) is 0 Å². The molecule has 4 aliphatic rings. The summed E-state index contributed by atoms with van der Waals surface area (Å²) in [4.78, 5) is 0.